The van der Waals surface area contributed by atoms with Crippen molar-refractivity contribution in [2.24, 2.45) is 0 Å². The molecule has 0 amide bonds. The Morgan fingerprint density at radius 3 is 1.19 bits per heavy atom. The molecule has 18 heteroatoms. The summed E-state index contributed by atoms with van der Waals surface area (Å²) in [4.78, 5) is 9.52. The van der Waals surface area contributed by atoms with E-state index in [1.165, 1.54) is 22.3 Å². The standard InChI is InChI=1S/C30H24N4.2F6P/c1-2-6-23(7-3-1)21-33-16-12-25(13-17-33)26-14-18-34(19-15-26)22-24-10-11-29-30(20-24)32-28-9-5-4-8-27(28)31-29;2*1-7(2,3,4,5)6/h1-20H,21-22H2;;/q+2;2*-1. The first-order valence-corrected chi connectivity index (χ1v) is 17.6. The van der Waals surface area contributed by atoms with Gasteiger partial charge >= 0.3 is 66.0 Å². The molecule has 6 rings (SSSR count). The van der Waals surface area contributed by atoms with Crippen LogP contribution < -0.4 is 9.13 Å². The van der Waals surface area contributed by atoms with Gasteiger partial charge in [-0.25, -0.2) is 19.1 Å². The molecule has 0 spiro atoms. The smallest absolute Gasteiger partial charge is 0.173 e. The zero-order chi connectivity index (χ0) is 35.6. The summed E-state index contributed by atoms with van der Waals surface area (Å²) in [5.74, 6) is 0. The molecule has 258 valence electrons. The number of para-hydroxylation sites is 2. The maximum atomic E-state index is 9.87. The van der Waals surface area contributed by atoms with E-state index in [1.54, 1.807) is 0 Å². The van der Waals surface area contributed by atoms with Crippen molar-refractivity contribution in [2.75, 3.05) is 0 Å². The Balaban J connectivity index is 0.000000314. The molecule has 3 aromatic carbocycles. The third kappa shape index (κ3) is 15.0. The Labute approximate surface area is 264 Å². The van der Waals surface area contributed by atoms with Gasteiger partial charge in [-0.15, -0.1) is 0 Å². The topological polar surface area (TPSA) is 33.5 Å². The first-order valence-electron chi connectivity index (χ1n) is 13.5. The summed E-state index contributed by atoms with van der Waals surface area (Å²) in [5, 5.41) is 0. The number of nitrogens with zero attached hydrogens (tertiary/aromatic N) is 4. The van der Waals surface area contributed by atoms with Crippen LogP contribution in [0.15, 0.2) is 122 Å². The molecule has 0 saturated heterocycles. The van der Waals surface area contributed by atoms with E-state index in [9.17, 15) is 50.4 Å². The van der Waals surface area contributed by atoms with Gasteiger partial charge in [0.05, 0.1) is 22.1 Å². The molecule has 4 nitrogen and oxygen atoms in total. The van der Waals surface area contributed by atoms with Gasteiger partial charge in [0.25, 0.3) is 0 Å². The minimum absolute atomic E-state index is 0.788. The van der Waals surface area contributed by atoms with Gasteiger partial charge in [0, 0.05) is 35.4 Å². The van der Waals surface area contributed by atoms with Crippen molar-refractivity contribution >= 4 is 37.7 Å². The maximum Gasteiger partial charge on any atom is 0.173 e. The van der Waals surface area contributed by atoms with Crippen molar-refractivity contribution in [2.45, 2.75) is 13.1 Å². The first-order chi connectivity index (χ1) is 21.7. The SMILES string of the molecule is F[P-](F)(F)(F)(F)F.F[P-](F)(F)(F)(F)F.c1ccc(C[n+]2ccc(-c3cc[n+](Cc4ccc5nc6ccccc6nc5c4)cc3)cc2)cc1. The van der Waals surface area contributed by atoms with E-state index in [1.807, 2.05) is 24.3 Å². The molecule has 0 bridgehead atoms. The molecule has 0 fully saturated rings. The van der Waals surface area contributed by atoms with Crippen LogP contribution in [0.2, 0.25) is 0 Å². The third-order valence-electron chi connectivity index (χ3n) is 6.09. The van der Waals surface area contributed by atoms with Crippen LogP contribution in [0.5, 0.6) is 0 Å². The number of benzene rings is 3. The molecule has 6 aromatic rings. The van der Waals surface area contributed by atoms with E-state index in [0.29, 0.717) is 0 Å². The van der Waals surface area contributed by atoms with E-state index < -0.39 is 15.6 Å². The van der Waals surface area contributed by atoms with E-state index in [-0.39, 0.29) is 0 Å². The number of aromatic nitrogens is 4. The van der Waals surface area contributed by atoms with Gasteiger partial charge in [-0.3, -0.25) is 0 Å². The fraction of sp³-hybridized carbons (Fsp3) is 0.0667. The van der Waals surface area contributed by atoms with Crippen LogP contribution in [0.4, 0.5) is 50.4 Å². The number of hydrogen-bond acceptors (Lipinski definition) is 2. The average Bonchev–Trinajstić information content (AvgIpc) is 2.94. The number of halogens is 12. The Bertz CT molecular complexity index is 1990. The number of rotatable bonds is 5. The zero-order valence-corrected chi connectivity index (χ0v) is 26.0. The van der Waals surface area contributed by atoms with Crippen molar-refractivity contribution < 1.29 is 59.5 Å². The van der Waals surface area contributed by atoms with Gasteiger partial charge in [0.1, 0.15) is 0 Å². The normalized spacial score (nSPS) is 14.7. The predicted molar refractivity (Wildman–Crippen MR) is 161 cm³/mol. The molecule has 48 heavy (non-hydrogen) atoms. The van der Waals surface area contributed by atoms with Gasteiger partial charge in [0.15, 0.2) is 37.9 Å². The molecular formula is C30H24F12N4P2. The van der Waals surface area contributed by atoms with E-state index in [0.717, 1.165) is 35.2 Å². The zero-order valence-electron chi connectivity index (χ0n) is 24.2. The van der Waals surface area contributed by atoms with Gasteiger partial charge in [-0.05, 0) is 35.4 Å². The second-order valence-electron chi connectivity index (χ2n) is 10.5. The van der Waals surface area contributed by atoms with Crippen LogP contribution in [-0.4, -0.2) is 9.97 Å². The van der Waals surface area contributed by atoms with Gasteiger partial charge < -0.3 is 0 Å². The van der Waals surface area contributed by atoms with Crippen LogP contribution >= 0.6 is 15.6 Å². The van der Waals surface area contributed by atoms with Gasteiger partial charge in [-0.2, -0.15) is 0 Å². The second kappa shape index (κ2) is 11.6. The number of hydrogen-bond donors (Lipinski definition) is 0. The van der Waals surface area contributed by atoms with Crippen LogP contribution in [0.25, 0.3) is 33.2 Å². The molecule has 0 unspecified atom stereocenters. The van der Waals surface area contributed by atoms with Gasteiger partial charge in [-0.1, -0.05) is 48.5 Å². The Morgan fingerprint density at radius 2 is 0.750 bits per heavy atom. The Morgan fingerprint density at radius 1 is 0.396 bits per heavy atom. The molecule has 3 heterocycles. The first kappa shape index (κ1) is 36.4. The van der Waals surface area contributed by atoms with E-state index in [2.05, 4.69) is 107 Å². The molecule has 0 radical (unpaired) electrons. The largest absolute Gasteiger partial charge is 0.245 e. The van der Waals surface area contributed by atoms with E-state index >= 15 is 0 Å². The number of pyridine rings is 2. The van der Waals surface area contributed by atoms with Crippen LogP contribution in [-0.2, 0) is 13.1 Å². The molecule has 0 atom stereocenters. The molecule has 3 aromatic heterocycles. The van der Waals surface area contributed by atoms with Crippen LogP contribution in [0.1, 0.15) is 11.1 Å². The van der Waals surface area contributed by atoms with Crippen LogP contribution in [0, 0.1) is 0 Å². The van der Waals surface area contributed by atoms with Crippen molar-refractivity contribution in [3.63, 3.8) is 0 Å². The van der Waals surface area contributed by atoms with Crippen molar-refractivity contribution in [1.29, 1.82) is 0 Å². The molecule has 0 aliphatic rings. The maximum absolute atomic E-state index is 10.7. The quantitative estimate of drug-likeness (QED) is 0.0766. The molecule has 0 N–H and O–H groups in total. The summed E-state index contributed by atoms with van der Waals surface area (Å²) < 4.78 is 123. The molecule has 0 aliphatic heterocycles. The Hall–Kier alpha value is -4.42. The third-order valence-corrected chi connectivity index (χ3v) is 6.09. The minimum Gasteiger partial charge on any atom is -0.245 e. The van der Waals surface area contributed by atoms with Crippen molar-refractivity contribution in [3.8, 4) is 11.1 Å². The fourth-order valence-electron chi connectivity index (χ4n) is 4.28. The van der Waals surface area contributed by atoms with Crippen LogP contribution in [0.3, 0.4) is 0 Å². The summed E-state index contributed by atoms with van der Waals surface area (Å²) >= 11 is 0. The molecular weight excluding hydrogens is 706 g/mol. The Kier molecular flexibility index (Phi) is 8.82. The summed E-state index contributed by atoms with van der Waals surface area (Å²) in [7, 11) is -21.3. The minimum atomic E-state index is -10.7. The predicted octanol–water partition coefficient (Wildman–Crippen LogP) is 11.9. The summed E-state index contributed by atoms with van der Waals surface area (Å²) in [6.07, 6.45) is 8.56. The summed E-state index contributed by atoms with van der Waals surface area (Å²) in [6.45, 7) is 1.67. The van der Waals surface area contributed by atoms with Gasteiger partial charge in [0.2, 0.25) is 0 Å². The number of fused-ring (bicyclic) bond motifs is 2. The van der Waals surface area contributed by atoms with Crippen molar-refractivity contribution in [1.82, 2.24) is 9.97 Å². The summed E-state index contributed by atoms with van der Waals surface area (Å²) in [5.41, 5.74) is 8.64. The monoisotopic (exact) mass is 730 g/mol. The van der Waals surface area contributed by atoms with Crippen molar-refractivity contribution in [3.05, 3.63) is 133 Å². The fourth-order valence-corrected chi connectivity index (χ4v) is 4.28. The van der Waals surface area contributed by atoms with E-state index in [4.69, 9.17) is 9.97 Å². The summed E-state index contributed by atoms with van der Waals surface area (Å²) in [6, 6.07) is 33.6. The second-order valence-corrected chi connectivity index (χ2v) is 14.3. The average molecular weight is 730 g/mol. The molecule has 0 aliphatic carbocycles. The molecule has 0 saturated carbocycles.